The molecule has 0 aromatic heterocycles. The van der Waals surface area contributed by atoms with Crippen LogP contribution in [0.5, 0.6) is 5.75 Å². The zero-order valence-corrected chi connectivity index (χ0v) is 18.2. The van der Waals surface area contributed by atoms with Gasteiger partial charge in [0.05, 0.1) is 27.9 Å². The number of amides is 1. The maximum atomic E-state index is 13.3. The molecule has 1 N–H and O–H groups in total. The van der Waals surface area contributed by atoms with Gasteiger partial charge in [0.15, 0.2) is 0 Å². The Labute approximate surface area is 185 Å². The highest BCUT2D eigenvalue weighted by Crippen LogP contribution is 2.27. The molecule has 3 rings (SSSR count). The molecule has 9 heteroatoms. The summed E-state index contributed by atoms with van der Waals surface area (Å²) in [5, 5.41) is 2.94. The van der Waals surface area contributed by atoms with Gasteiger partial charge in [-0.1, -0.05) is 23.7 Å². The number of nitrogens with zero attached hydrogens (tertiary/aromatic N) is 1. The highest BCUT2D eigenvalue weighted by molar-refractivity contribution is 7.92. The quantitative estimate of drug-likeness (QED) is 0.526. The lowest BCUT2D eigenvalue weighted by Gasteiger charge is -2.24. The lowest BCUT2D eigenvalue weighted by molar-refractivity contribution is -0.114. The molecule has 0 saturated carbocycles. The number of anilines is 2. The predicted octanol–water partition coefficient (Wildman–Crippen LogP) is 4.71. The number of para-hydroxylation sites is 1. The molecule has 0 unspecified atom stereocenters. The second-order valence-electron chi connectivity index (χ2n) is 6.42. The summed E-state index contributed by atoms with van der Waals surface area (Å²) in [4.78, 5) is 12.5. The number of ether oxygens (including phenoxy) is 1. The molecule has 0 atom stereocenters. The van der Waals surface area contributed by atoms with Crippen LogP contribution in [0.1, 0.15) is 6.92 Å². The van der Waals surface area contributed by atoms with Crippen molar-refractivity contribution in [2.45, 2.75) is 11.8 Å². The van der Waals surface area contributed by atoms with Crippen molar-refractivity contribution >= 4 is 38.9 Å². The van der Waals surface area contributed by atoms with Gasteiger partial charge in [-0.15, -0.1) is 0 Å². The van der Waals surface area contributed by atoms with Gasteiger partial charge >= 0.3 is 0 Å². The molecule has 3 aromatic rings. The summed E-state index contributed by atoms with van der Waals surface area (Å²) in [6, 6.07) is 17.3. The highest BCUT2D eigenvalue weighted by Gasteiger charge is 2.27. The summed E-state index contributed by atoms with van der Waals surface area (Å²) in [7, 11) is -4.16. The number of carbonyl (C=O) groups excluding carboxylic acids is 1. The minimum atomic E-state index is -4.16. The van der Waals surface area contributed by atoms with Crippen molar-refractivity contribution in [2.75, 3.05) is 22.8 Å². The van der Waals surface area contributed by atoms with Gasteiger partial charge in [0.25, 0.3) is 10.0 Å². The normalized spacial score (nSPS) is 11.1. The average molecular weight is 463 g/mol. The van der Waals surface area contributed by atoms with Gasteiger partial charge in [-0.2, -0.15) is 0 Å². The van der Waals surface area contributed by atoms with Crippen molar-refractivity contribution in [1.29, 1.82) is 0 Å². The van der Waals surface area contributed by atoms with Crippen molar-refractivity contribution in [3.63, 3.8) is 0 Å². The third-order valence-electron chi connectivity index (χ3n) is 4.27. The highest BCUT2D eigenvalue weighted by atomic mass is 35.5. The van der Waals surface area contributed by atoms with Crippen LogP contribution in [-0.2, 0) is 14.8 Å². The molecule has 0 radical (unpaired) electrons. The summed E-state index contributed by atoms with van der Waals surface area (Å²) in [6.07, 6.45) is 0. The first-order valence-electron chi connectivity index (χ1n) is 9.37. The molecule has 0 aliphatic rings. The Morgan fingerprint density at radius 3 is 2.29 bits per heavy atom. The number of halogens is 2. The van der Waals surface area contributed by atoms with Crippen LogP contribution in [0.3, 0.4) is 0 Å². The summed E-state index contributed by atoms with van der Waals surface area (Å²) >= 11 is 6.07. The summed E-state index contributed by atoms with van der Waals surface area (Å²) < 4.78 is 46.2. The Kier molecular flexibility index (Phi) is 7.14. The Morgan fingerprint density at radius 2 is 1.68 bits per heavy atom. The predicted molar refractivity (Wildman–Crippen MR) is 119 cm³/mol. The smallest absolute Gasteiger partial charge is 0.264 e. The fourth-order valence-electron chi connectivity index (χ4n) is 2.81. The minimum Gasteiger partial charge on any atom is -0.494 e. The lowest BCUT2D eigenvalue weighted by atomic mass is 10.3. The number of nitrogens with one attached hydrogen (secondary N) is 1. The fraction of sp³-hybridized carbons (Fsp3) is 0.136. The first-order valence-corrected chi connectivity index (χ1v) is 11.2. The van der Waals surface area contributed by atoms with E-state index in [9.17, 15) is 17.6 Å². The van der Waals surface area contributed by atoms with Crippen LogP contribution in [0.15, 0.2) is 77.7 Å². The van der Waals surface area contributed by atoms with E-state index in [-0.39, 0.29) is 10.6 Å². The van der Waals surface area contributed by atoms with Crippen LogP contribution < -0.4 is 14.4 Å². The molecule has 31 heavy (non-hydrogen) atoms. The Hall–Kier alpha value is -3.10. The summed E-state index contributed by atoms with van der Waals surface area (Å²) in [5.74, 6) is -0.596. The first kappa shape index (κ1) is 22.6. The Balaban J connectivity index is 1.94. The first-order chi connectivity index (χ1) is 14.8. The van der Waals surface area contributed by atoms with E-state index in [1.807, 2.05) is 6.92 Å². The number of sulfonamides is 1. The van der Waals surface area contributed by atoms with Crippen molar-refractivity contribution in [2.24, 2.45) is 0 Å². The second kappa shape index (κ2) is 9.80. The van der Waals surface area contributed by atoms with E-state index < -0.39 is 28.3 Å². The van der Waals surface area contributed by atoms with Gasteiger partial charge in [-0.3, -0.25) is 9.10 Å². The van der Waals surface area contributed by atoms with Crippen LogP contribution in [0.2, 0.25) is 5.02 Å². The Bertz CT molecular complexity index is 1150. The zero-order chi connectivity index (χ0) is 22.4. The fourth-order valence-corrected chi connectivity index (χ4v) is 4.41. The zero-order valence-electron chi connectivity index (χ0n) is 16.6. The van der Waals surface area contributed by atoms with Gasteiger partial charge < -0.3 is 10.1 Å². The standard InChI is InChI=1S/C22H20ClFN2O4S/c1-2-30-18-11-9-17(10-12-18)26(31(28,29)19-13-7-16(24)8-14-19)15-22(27)25-21-6-4-3-5-20(21)23/h3-14H,2,15H2,1H3,(H,25,27). The molecule has 0 aliphatic heterocycles. The van der Waals surface area contributed by atoms with Gasteiger partial charge in [-0.25, -0.2) is 12.8 Å². The number of benzene rings is 3. The molecule has 0 saturated heterocycles. The van der Waals surface area contributed by atoms with Crippen LogP contribution in [-0.4, -0.2) is 27.5 Å². The minimum absolute atomic E-state index is 0.145. The van der Waals surface area contributed by atoms with E-state index in [4.69, 9.17) is 16.3 Å². The Morgan fingerprint density at radius 1 is 1.03 bits per heavy atom. The third-order valence-corrected chi connectivity index (χ3v) is 6.39. The molecular weight excluding hydrogens is 443 g/mol. The van der Waals surface area contributed by atoms with Gasteiger partial charge in [0.2, 0.25) is 5.91 Å². The van der Waals surface area contributed by atoms with E-state index in [1.54, 1.807) is 36.4 Å². The lowest BCUT2D eigenvalue weighted by Crippen LogP contribution is -2.38. The van der Waals surface area contributed by atoms with Crippen molar-refractivity contribution < 1.29 is 22.3 Å². The topological polar surface area (TPSA) is 75.7 Å². The van der Waals surface area contributed by atoms with Crippen LogP contribution in [0.25, 0.3) is 0 Å². The van der Waals surface area contributed by atoms with Gasteiger partial charge in [0, 0.05) is 0 Å². The van der Waals surface area contributed by atoms with Gasteiger partial charge in [0.1, 0.15) is 18.1 Å². The molecule has 0 heterocycles. The molecular formula is C22H20ClFN2O4S. The molecule has 0 bridgehead atoms. The molecule has 0 spiro atoms. The molecule has 6 nitrogen and oxygen atoms in total. The molecule has 3 aromatic carbocycles. The molecule has 0 aliphatic carbocycles. The van der Waals surface area contributed by atoms with E-state index in [0.29, 0.717) is 23.1 Å². The summed E-state index contributed by atoms with van der Waals surface area (Å²) in [5.41, 5.74) is 0.613. The monoisotopic (exact) mass is 462 g/mol. The van der Waals surface area contributed by atoms with Crippen molar-refractivity contribution in [1.82, 2.24) is 0 Å². The van der Waals surface area contributed by atoms with E-state index in [1.165, 1.54) is 12.1 Å². The number of carbonyl (C=O) groups is 1. The largest absolute Gasteiger partial charge is 0.494 e. The molecule has 0 fully saturated rings. The van der Waals surface area contributed by atoms with E-state index in [2.05, 4.69) is 5.32 Å². The van der Waals surface area contributed by atoms with Crippen LogP contribution in [0, 0.1) is 5.82 Å². The number of rotatable bonds is 8. The van der Waals surface area contributed by atoms with Crippen LogP contribution in [0.4, 0.5) is 15.8 Å². The summed E-state index contributed by atoms with van der Waals surface area (Å²) in [6.45, 7) is 1.77. The number of hydrogen-bond acceptors (Lipinski definition) is 4. The molecule has 1 amide bonds. The van der Waals surface area contributed by atoms with E-state index >= 15 is 0 Å². The van der Waals surface area contributed by atoms with Crippen molar-refractivity contribution in [3.8, 4) is 5.75 Å². The number of hydrogen-bond donors (Lipinski definition) is 1. The average Bonchev–Trinajstić information content (AvgIpc) is 2.75. The molecule has 162 valence electrons. The van der Waals surface area contributed by atoms with Crippen molar-refractivity contribution in [3.05, 3.63) is 83.6 Å². The maximum absolute atomic E-state index is 13.3. The third kappa shape index (κ3) is 5.53. The SMILES string of the molecule is CCOc1ccc(N(CC(=O)Nc2ccccc2Cl)S(=O)(=O)c2ccc(F)cc2)cc1. The van der Waals surface area contributed by atoms with Crippen LogP contribution >= 0.6 is 11.6 Å². The van der Waals surface area contributed by atoms with E-state index in [0.717, 1.165) is 28.6 Å². The second-order valence-corrected chi connectivity index (χ2v) is 8.69. The maximum Gasteiger partial charge on any atom is 0.264 e. The van der Waals surface area contributed by atoms with Gasteiger partial charge in [-0.05, 0) is 67.6 Å².